The van der Waals surface area contributed by atoms with E-state index in [1.807, 2.05) is 7.11 Å². The maximum absolute atomic E-state index is 5.49. The van der Waals surface area contributed by atoms with Gasteiger partial charge in [0.2, 0.25) is 0 Å². The summed E-state index contributed by atoms with van der Waals surface area (Å²) < 4.78 is 5.49. The predicted octanol–water partition coefficient (Wildman–Crippen LogP) is 2.51. The highest BCUT2D eigenvalue weighted by Crippen LogP contribution is 2.24. The van der Waals surface area contributed by atoms with Gasteiger partial charge >= 0.3 is 0 Å². The molecule has 3 nitrogen and oxygen atoms in total. The van der Waals surface area contributed by atoms with Crippen LogP contribution < -0.4 is 5.32 Å². The molecule has 1 N–H and O–H groups in total. The topological polar surface area (TPSA) is 24.5 Å². The normalized spacial score (nSPS) is 29.5. The number of nitrogens with zero attached hydrogens (tertiary/aromatic N) is 1. The Bertz CT molecular complexity index is 233. The van der Waals surface area contributed by atoms with Crippen molar-refractivity contribution in [3.05, 3.63) is 0 Å². The molecule has 0 bridgehead atoms. The fraction of sp³-hybridized carbons (Fsp3) is 1.00. The third-order valence-corrected chi connectivity index (χ3v) is 4.41. The van der Waals surface area contributed by atoms with Crippen LogP contribution in [0.3, 0.4) is 0 Å². The van der Waals surface area contributed by atoms with Crippen LogP contribution in [0.15, 0.2) is 0 Å². The smallest absolute Gasteiger partial charge is 0.0598 e. The lowest BCUT2D eigenvalue weighted by Crippen LogP contribution is -2.51. The minimum atomic E-state index is 0.465. The molecule has 1 fully saturated rings. The summed E-state index contributed by atoms with van der Waals surface area (Å²) in [5, 5.41) is 3.55. The number of rotatable bonds is 6. The summed E-state index contributed by atoms with van der Waals surface area (Å²) in [6, 6.07) is 1.86. The molecule has 1 saturated heterocycles. The highest BCUT2D eigenvalue weighted by Gasteiger charge is 2.30. The van der Waals surface area contributed by atoms with Crippen molar-refractivity contribution in [2.24, 2.45) is 5.92 Å². The Morgan fingerprint density at radius 2 is 1.94 bits per heavy atom. The van der Waals surface area contributed by atoms with Gasteiger partial charge in [0.15, 0.2) is 0 Å². The summed E-state index contributed by atoms with van der Waals surface area (Å²) in [5.74, 6) is 0.689. The molecule has 4 unspecified atom stereocenters. The molecule has 0 aromatic rings. The molecule has 0 aromatic carbocycles. The van der Waals surface area contributed by atoms with E-state index >= 15 is 0 Å². The molecule has 3 heteroatoms. The second-order valence-corrected chi connectivity index (χ2v) is 6.25. The van der Waals surface area contributed by atoms with Crippen molar-refractivity contribution in [3.63, 3.8) is 0 Å². The Morgan fingerprint density at radius 3 is 2.44 bits per heavy atom. The molecular formula is C15H32N2O. The van der Waals surface area contributed by atoms with Gasteiger partial charge in [0, 0.05) is 31.8 Å². The second kappa shape index (κ2) is 7.46. The van der Waals surface area contributed by atoms with Crippen molar-refractivity contribution in [1.29, 1.82) is 0 Å². The van der Waals surface area contributed by atoms with Crippen LogP contribution in [0.5, 0.6) is 0 Å². The molecule has 1 heterocycles. The Morgan fingerprint density at radius 1 is 1.28 bits per heavy atom. The van der Waals surface area contributed by atoms with E-state index in [0.717, 1.165) is 6.54 Å². The van der Waals surface area contributed by atoms with Crippen LogP contribution in [0.2, 0.25) is 0 Å². The number of piperidine rings is 1. The van der Waals surface area contributed by atoms with Gasteiger partial charge in [-0.05, 0) is 39.2 Å². The number of hydrogen-bond acceptors (Lipinski definition) is 3. The van der Waals surface area contributed by atoms with Crippen molar-refractivity contribution in [2.75, 3.05) is 20.2 Å². The van der Waals surface area contributed by atoms with Crippen molar-refractivity contribution in [2.45, 2.75) is 71.7 Å². The van der Waals surface area contributed by atoms with E-state index in [9.17, 15) is 0 Å². The first-order chi connectivity index (χ1) is 8.45. The van der Waals surface area contributed by atoms with Crippen LogP contribution >= 0.6 is 0 Å². The van der Waals surface area contributed by atoms with Crippen LogP contribution in [-0.2, 0) is 4.74 Å². The van der Waals surface area contributed by atoms with Crippen molar-refractivity contribution < 1.29 is 4.74 Å². The van der Waals surface area contributed by atoms with Gasteiger partial charge in [0.25, 0.3) is 0 Å². The van der Waals surface area contributed by atoms with Gasteiger partial charge < -0.3 is 10.1 Å². The first-order valence-electron chi connectivity index (χ1n) is 7.47. The Hall–Kier alpha value is -0.120. The van der Waals surface area contributed by atoms with E-state index in [0.29, 0.717) is 30.1 Å². The first-order valence-corrected chi connectivity index (χ1v) is 7.47. The van der Waals surface area contributed by atoms with Gasteiger partial charge in [-0.3, -0.25) is 4.90 Å². The summed E-state index contributed by atoms with van der Waals surface area (Å²) >= 11 is 0. The second-order valence-electron chi connectivity index (χ2n) is 6.25. The molecule has 1 rings (SSSR count). The zero-order valence-electron chi connectivity index (χ0n) is 13.1. The van der Waals surface area contributed by atoms with E-state index < -0.39 is 0 Å². The molecule has 4 atom stereocenters. The van der Waals surface area contributed by atoms with Crippen molar-refractivity contribution in [3.8, 4) is 0 Å². The largest absolute Gasteiger partial charge is 0.381 e. The van der Waals surface area contributed by atoms with Gasteiger partial charge in [-0.15, -0.1) is 0 Å². The molecule has 0 aliphatic carbocycles. The highest BCUT2D eigenvalue weighted by atomic mass is 16.5. The molecule has 0 aromatic heterocycles. The average Bonchev–Trinajstić information content (AvgIpc) is 2.34. The number of ether oxygens (including phenoxy) is 1. The van der Waals surface area contributed by atoms with E-state index in [2.05, 4.69) is 44.8 Å². The maximum Gasteiger partial charge on any atom is 0.0598 e. The molecule has 0 saturated carbocycles. The SMILES string of the molecule is COC1CCN(C(C)C(C)CNC(C)C)C(C)C1. The molecule has 0 amide bonds. The fourth-order valence-corrected chi connectivity index (χ4v) is 2.89. The summed E-state index contributed by atoms with van der Waals surface area (Å²) in [6.45, 7) is 13.8. The molecular weight excluding hydrogens is 224 g/mol. The van der Waals surface area contributed by atoms with Crippen LogP contribution in [0.25, 0.3) is 0 Å². The average molecular weight is 256 g/mol. The van der Waals surface area contributed by atoms with Crippen LogP contribution in [-0.4, -0.2) is 49.3 Å². The first kappa shape index (κ1) is 15.9. The highest BCUT2D eigenvalue weighted by molar-refractivity contribution is 4.85. The van der Waals surface area contributed by atoms with Gasteiger partial charge in [-0.2, -0.15) is 0 Å². The van der Waals surface area contributed by atoms with Gasteiger partial charge in [-0.1, -0.05) is 20.8 Å². The van der Waals surface area contributed by atoms with E-state index in [4.69, 9.17) is 4.74 Å². The zero-order valence-corrected chi connectivity index (χ0v) is 13.1. The maximum atomic E-state index is 5.49. The van der Waals surface area contributed by atoms with E-state index in [1.54, 1.807) is 0 Å². The summed E-state index contributed by atoms with van der Waals surface area (Å²) in [4.78, 5) is 2.65. The lowest BCUT2D eigenvalue weighted by Gasteiger charge is -2.43. The molecule has 0 radical (unpaired) electrons. The number of hydrogen-bond donors (Lipinski definition) is 1. The fourth-order valence-electron chi connectivity index (χ4n) is 2.89. The molecule has 0 spiro atoms. The molecule has 18 heavy (non-hydrogen) atoms. The number of nitrogens with one attached hydrogen (secondary N) is 1. The summed E-state index contributed by atoms with van der Waals surface area (Å²) in [5.41, 5.74) is 0. The van der Waals surface area contributed by atoms with Crippen LogP contribution in [0, 0.1) is 5.92 Å². The number of likely N-dealkylation sites (tertiary alicyclic amines) is 1. The number of methoxy groups -OCH3 is 1. The lowest BCUT2D eigenvalue weighted by molar-refractivity contribution is -0.00757. The summed E-state index contributed by atoms with van der Waals surface area (Å²) in [7, 11) is 1.84. The van der Waals surface area contributed by atoms with Crippen molar-refractivity contribution in [1.82, 2.24) is 10.2 Å². The minimum absolute atomic E-state index is 0.465. The van der Waals surface area contributed by atoms with Gasteiger partial charge in [-0.25, -0.2) is 0 Å². The van der Waals surface area contributed by atoms with E-state index in [-0.39, 0.29) is 0 Å². The Kier molecular flexibility index (Phi) is 6.61. The van der Waals surface area contributed by atoms with Crippen molar-refractivity contribution >= 4 is 0 Å². The van der Waals surface area contributed by atoms with Gasteiger partial charge in [0.1, 0.15) is 0 Å². The van der Waals surface area contributed by atoms with Crippen LogP contribution in [0.4, 0.5) is 0 Å². The minimum Gasteiger partial charge on any atom is -0.381 e. The standard InChI is InChI=1S/C15H32N2O/c1-11(2)16-10-12(3)14(5)17-8-7-15(18-6)9-13(17)4/h11-16H,7-10H2,1-6H3. The third-order valence-electron chi connectivity index (χ3n) is 4.41. The monoisotopic (exact) mass is 256 g/mol. The zero-order chi connectivity index (χ0) is 13.7. The molecule has 108 valence electrons. The Labute approximate surface area is 113 Å². The quantitative estimate of drug-likeness (QED) is 0.790. The summed E-state index contributed by atoms with van der Waals surface area (Å²) in [6.07, 6.45) is 2.81. The molecule has 1 aliphatic rings. The van der Waals surface area contributed by atoms with Crippen LogP contribution in [0.1, 0.15) is 47.5 Å². The Balaban J connectivity index is 2.43. The van der Waals surface area contributed by atoms with E-state index in [1.165, 1.54) is 19.4 Å². The lowest BCUT2D eigenvalue weighted by atomic mass is 9.94. The van der Waals surface area contributed by atoms with Gasteiger partial charge in [0.05, 0.1) is 6.10 Å². The third kappa shape index (κ3) is 4.52. The molecule has 1 aliphatic heterocycles. The predicted molar refractivity (Wildman–Crippen MR) is 78.0 cm³/mol.